The summed E-state index contributed by atoms with van der Waals surface area (Å²) in [6.07, 6.45) is 2.10. The van der Waals surface area contributed by atoms with Gasteiger partial charge in [0, 0.05) is 22.7 Å². The molecular formula is C10H12BrNO2. The van der Waals surface area contributed by atoms with Crippen molar-refractivity contribution in [3.8, 4) is 0 Å². The van der Waals surface area contributed by atoms with Gasteiger partial charge in [-0.1, -0.05) is 6.92 Å². The number of pyridine rings is 1. The Labute approximate surface area is 90.9 Å². The highest BCUT2D eigenvalue weighted by Gasteiger charge is 2.05. The predicted octanol–water partition coefficient (Wildman–Crippen LogP) is 1.90. The number of Topliss-reactive ketones (excluding diaryl/α,β-unsaturated/α-hetero) is 1. The molecule has 0 saturated heterocycles. The fourth-order valence-corrected chi connectivity index (χ4v) is 1.75. The highest BCUT2D eigenvalue weighted by molar-refractivity contribution is 9.10. The zero-order chi connectivity index (χ0) is 10.7. The van der Waals surface area contributed by atoms with Gasteiger partial charge in [0.15, 0.2) is 5.78 Å². The van der Waals surface area contributed by atoms with Crippen LogP contribution in [0.1, 0.15) is 18.9 Å². The fraction of sp³-hybridized carbons (Fsp3) is 0.400. The van der Waals surface area contributed by atoms with Crippen LogP contribution in [0.5, 0.6) is 0 Å². The lowest BCUT2D eigenvalue weighted by atomic mass is 10.3. The van der Waals surface area contributed by atoms with Crippen LogP contribution >= 0.6 is 15.9 Å². The van der Waals surface area contributed by atoms with Gasteiger partial charge in [0.2, 0.25) is 0 Å². The van der Waals surface area contributed by atoms with Gasteiger partial charge in [0.1, 0.15) is 0 Å². The Morgan fingerprint density at radius 1 is 1.57 bits per heavy atom. The highest BCUT2D eigenvalue weighted by atomic mass is 79.9. The van der Waals surface area contributed by atoms with E-state index in [-0.39, 0.29) is 17.9 Å². The summed E-state index contributed by atoms with van der Waals surface area (Å²) in [6.45, 7) is 3.69. The second-order valence-electron chi connectivity index (χ2n) is 3.17. The Balaban J connectivity index is 3.09. The van der Waals surface area contributed by atoms with E-state index in [0.717, 1.165) is 4.47 Å². The van der Waals surface area contributed by atoms with Crippen LogP contribution in [0.2, 0.25) is 0 Å². The van der Waals surface area contributed by atoms with Gasteiger partial charge in [0.05, 0.1) is 6.54 Å². The minimum Gasteiger partial charge on any atom is -0.307 e. The molecule has 0 aliphatic heterocycles. The standard InChI is InChI=1S/C10H12BrNO2/c1-3-9(13)6-12-5-8(11)4-7(2)10(12)14/h4-5H,3,6H2,1-2H3. The summed E-state index contributed by atoms with van der Waals surface area (Å²) in [5.41, 5.74) is 0.540. The van der Waals surface area contributed by atoms with Gasteiger partial charge in [-0.15, -0.1) is 0 Å². The Bertz CT molecular complexity index is 409. The molecule has 4 heteroatoms. The Morgan fingerprint density at radius 3 is 2.79 bits per heavy atom. The molecule has 1 heterocycles. The number of rotatable bonds is 3. The van der Waals surface area contributed by atoms with Crippen molar-refractivity contribution in [1.82, 2.24) is 4.57 Å². The SMILES string of the molecule is CCC(=O)Cn1cc(Br)cc(C)c1=O. The topological polar surface area (TPSA) is 39.1 Å². The summed E-state index contributed by atoms with van der Waals surface area (Å²) in [7, 11) is 0. The molecule has 0 aliphatic rings. The minimum atomic E-state index is -0.102. The van der Waals surface area contributed by atoms with E-state index in [1.54, 1.807) is 26.1 Å². The second kappa shape index (κ2) is 4.55. The monoisotopic (exact) mass is 257 g/mol. The molecule has 0 aromatic carbocycles. The summed E-state index contributed by atoms with van der Waals surface area (Å²) >= 11 is 3.29. The molecule has 1 aromatic rings. The van der Waals surface area contributed by atoms with E-state index < -0.39 is 0 Å². The maximum Gasteiger partial charge on any atom is 0.253 e. The van der Waals surface area contributed by atoms with Gasteiger partial charge in [0.25, 0.3) is 5.56 Å². The number of ketones is 1. The number of hydrogen-bond acceptors (Lipinski definition) is 2. The molecule has 76 valence electrons. The third kappa shape index (κ3) is 2.54. The van der Waals surface area contributed by atoms with Crippen molar-refractivity contribution in [2.45, 2.75) is 26.8 Å². The maximum absolute atomic E-state index is 11.6. The molecule has 0 spiro atoms. The van der Waals surface area contributed by atoms with Crippen molar-refractivity contribution in [3.05, 3.63) is 32.7 Å². The molecule has 0 saturated carbocycles. The first-order chi connectivity index (χ1) is 6.54. The van der Waals surface area contributed by atoms with Crippen LogP contribution in [-0.2, 0) is 11.3 Å². The minimum absolute atomic E-state index is 0.0598. The van der Waals surface area contributed by atoms with Crippen LogP contribution in [0.4, 0.5) is 0 Å². The van der Waals surface area contributed by atoms with Crippen molar-refractivity contribution < 1.29 is 4.79 Å². The molecule has 3 nitrogen and oxygen atoms in total. The van der Waals surface area contributed by atoms with Gasteiger partial charge in [-0.25, -0.2) is 0 Å². The lowest BCUT2D eigenvalue weighted by Crippen LogP contribution is -2.25. The van der Waals surface area contributed by atoms with Gasteiger partial charge in [-0.3, -0.25) is 9.59 Å². The maximum atomic E-state index is 11.6. The second-order valence-corrected chi connectivity index (χ2v) is 4.08. The zero-order valence-corrected chi connectivity index (χ0v) is 9.80. The number of aryl methyl sites for hydroxylation is 1. The fourth-order valence-electron chi connectivity index (χ4n) is 1.16. The van der Waals surface area contributed by atoms with Crippen molar-refractivity contribution in [3.63, 3.8) is 0 Å². The van der Waals surface area contributed by atoms with E-state index in [9.17, 15) is 9.59 Å². The molecular weight excluding hydrogens is 246 g/mol. The van der Waals surface area contributed by atoms with Crippen LogP contribution in [-0.4, -0.2) is 10.4 Å². The number of carbonyl (C=O) groups is 1. The van der Waals surface area contributed by atoms with Crippen molar-refractivity contribution in [2.24, 2.45) is 0 Å². The normalized spacial score (nSPS) is 10.2. The van der Waals surface area contributed by atoms with Crippen LogP contribution < -0.4 is 5.56 Å². The Hall–Kier alpha value is -0.900. The van der Waals surface area contributed by atoms with Crippen LogP contribution in [0.25, 0.3) is 0 Å². The van der Waals surface area contributed by atoms with Crippen molar-refractivity contribution in [2.75, 3.05) is 0 Å². The molecule has 0 bridgehead atoms. The molecule has 0 atom stereocenters. The quantitative estimate of drug-likeness (QED) is 0.830. The van der Waals surface area contributed by atoms with Crippen LogP contribution in [0, 0.1) is 6.92 Å². The lowest BCUT2D eigenvalue weighted by Gasteiger charge is -2.05. The Morgan fingerprint density at radius 2 is 2.21 bits per heavy atom. The molecule has 0 N–H and O–H groups in total. The molecule has 1 rings (SSSR count). The van der Waals surface area contributed by atoms with Gasteiger partial charge >= 0.3 is 0 Å². The van der Waals surface area contributed by atoms with E-state index in [0.29, 0.717) is 12.0 Å². The average molecular weight is 258 g/mol. The van der Waals surface area contributed by atoms with Crippen molar-refractivity contribution in [1.29, 1.82) is 0 Å². The number of aromatic nitrogens is 1. The number of halogens is 1. The molecule has 0 radical (unpaired) electrons. The highest BCUT2D eigenvalue weighted by Crippen LogP contribution is 2.08. The average Bonchev–Trinajstić information content (AvgIpc) is 2.13. The van der Waals surface area contributed by atoms with E-state index in [1.165, 1.54) is 4.57 Å². The number of nitrogens with zero attached hydrogens (tertiary/aromatic N) is 1. The number of hydrogen-bond donors (Lipinski definition) is 0. The largest absolute Gasteiger partial charge is 0.307 e. The van der Waals surface area contributed by atoms with E-state index in [4.69, 9.17) is 0 Å². The van der Waals surface area contributed by atoms with Crippen LogP contribution in [0.15, 0.2) is 21.5 Å². The summed E-state index contributed by atoms with van der Waals surface area (Å²) in [5, 5.41) is 0. The first-order valence-electron chi connectivity index (χ1n) is 4.43. The molecule has 0 fully saturated rings. The molecule has 1 aromatic heterocycles. The first-order valence-corrected chi connectivity index (χ1v) is 5.22. The van der Waals surface area contributed by atoms with Gasteiger partial charge in [-0.2, -0.15) is 0 Å². The van der Waals surface area contributed by atoms with E-state index >= 15 is 0 Å². The zero-order valence-electron chi connectivity index (χ0n) is 8.21. The van der Waals surface area contributed by atoms with Gasteiger partial charge < -0.3 is 4.57 Å². The van der Waals surface area contributed by atoms with Crippen molar-refractivity contribution >= 4 is 21.7 Å². The molecule has 0 aliphatic carbocycles. The van der Waals surface area contributed by atoms with E-state index in [1.807, 2.05) is 0 Å². The Kier molecular flexibility index (Phi) is 3.63. The van der Waals surface area contributed by atoms with Gasteiger partial charge in [-0.05, 0) is 28.9 Å². The smallest absolute Gasteiger partial charge is 0.253 e. The predicted molar refractivity (Wildman–Crippen MR) is 58.4 cm³/mol. The summed E-state index contributed by atoms with van der Waals surface area (Å²) in [6, 6.07) is 1.75. The molecule has 14 heavy (non-hydrogen) atoms. The summed E-state index contributed by atoms with van der Waals surface area (Å²) < 4.78 is 2.25. The summed E-state index contributed by atoms with van der Waals surface area (Å²) in [4.78, 5) is 22.7. The van der Waals surface area contributed by atoms with Crippen LogP contribution in [0.3, 0.4) is 0 Å². The molecule has 0 amide bonds. The summed E-state index contributed by atoms with van der Waals surface area (Å²) in [5.74, 6) is 0.0598. The third-order valence-corrected chi connectivity index (χ3v) is 2.41. The van der Waals surface area contributed by atoms with E-state index in [2.05, 4.69) is 15.9 Å². The lowest BCUT2D eigenvalue weighted by molar-refractivity contribution is -0.119. The molecule has 0 unspecified atom stereocenters. The third-order valence-electron chi connectivity index (χ3n) is 1.97. The number of carbonyl (C=O) groups excluding carboxylic acids is 1. The first kappa shape index (κ1) is 11.2.